The Morgan fingerprint density at radius 3 is 2.53 bits per heavy atom. The molecule has 0 heterocycles. The van der Waals surface area contributed by atoms with Crippen molar-refractivity contribution >= 4 is 40.3 Å². The van der Waals surface area contributed by atoms with Crippen LogP contribution in [0.25, 0.3) is 6.08 Å². The molecule has 0 fully saturated rings. The Morgan fingerprint density at radius 1 is 1.11 bits per heavy atom. The minimum atomic E-state index is -4.55. The van der Waals surface area contributed by atoms with E-state index < -0.39 is 17.6 Å². The summed E-state index contributed by atoms with van der Waals surface area (Å²) in [5.41, 5.74) is 1.37. The fourth-order valence-electron chi connectivity index (χ4n) is 3.28. The number of nitrogens with zero attached hydrogens (tertiary/aromatic N) is 1. The Kier molecular flexibility index (Phi) is 8.98. The molecule has 0 unspecified atom stereocenters. The van der Waals surface area contributed by atoms with Crippen LogP contribution in [0, 0.1) is 21.8 Å². The van der Waals surface area contributed by atoms with E-state index in [1.54, 1.807) is 18.2 Å². The largest absolute Gasteiger partial charge is 0.490 e. The number of amides is 1. The average molecular weight is 606 g/mol. The van der Waals surface area contributed by atoms with E-state index in [1.807, 2.05) is 38.1 Å². The highest BCUT2D eigenvalue weighted by Gasteiger charge is 2.30. The number of aryl methyl sites for hydroxylation is 1. The average Bonchev–Trinajstić information content (AvgIpc) is 2.83. The van der Waals surface area contributed by atoms with Crippen LogP contribution in [0.5, 0.6) is 11.5 Å². The van der Waals surface area contributed by atoms with Crippen molar-refractivity contribution in [1.82, 2.24) is 0 Å². The van der Waals surface area contributed by atoms with Crippen LogP contribution in [0.1, 0.15) is 29.2 Å². The van der Waals surface area contributed by atoms with Gasteiger partial charge < -0.3 is 14.8 Å². The minimum Gasteiger partial charge on any atom is -0.490 e. The predicted octanol–water partition coefficient (Wildman–Crippen LogP) is 7.14. The lowest BCUT2D eigenvalue weighted by atomic mass is 10.1. The molecule has 1 amide bonds. The van der Waals surface area contributed by atoms with E-state index in [9.17, 15) is 23.2 Å². The van der Waals surface area contributed by atoms with Crippen molar-refractivity contribution in [1.29, 1.82) is 5.26 Å². The van der Waals surface area contributed by atoms with E-state index in [0.29, 0.717) is 33.8 Å². The lowest BCUT2D eigenvalue weighted by molar-refractivity contribution is -0.137. The molecule has 0 bridgehead atoms. The van der Waals surface area contributed by atoms with Gasteiger partial charge in [0.05, 0.1) is 15.7 Å². The summed E-state index contributed by atoms with van der Waals surface area (Å²) in [5, 5.41) is 11.9. The highest BCUT2D eigenvalue weighted by atomic mass is 127. The zero-order valence-corrected chi connectivity index (χ0v) is 21.6. The lowest BCUT2D eigenvalue weighted by Crippen LogP contribution is -2.14. The van der Waals surface area contributed by atoms with Crippen LogP contribution in [-0.4, -0.2) is 12.5 Å². The molecule has 0 atom stereocenters. The fourth-order valence-corrected chi connectivity index (χ4v) is 4.06. The van der Waals surface area contributed by atoms with E-state index in [2.05, 4.69) is 27.9 Å². The van der Waals surface area contributed by atoms with Crippen molar-refractivity contribution in [2.75, 3.05) is 11.9 Å². The third-order valence-corrected chi connectivity index (χ3v) is 5.89. The molecule has 0 aliphatic carbocycles. The van der Waals surface area contributed by atoms with Crippen LogP contribution >= 0.6 is 22.6 Å². The number of ether oxygens (including phenoxy) is 2. The smallest absolute Gasteiger partial charge is 0.416 e. The molecule has 3 aromatic carbocycles. The summed E-state index contributed by atoms with van der Waals surface area (Å²) >= 11 is 2.08. The maximum Gasteiger partial charge on any atom is 0.416 e. The fraction of sp³-hybridized carbons (Fsp3) is 0.185. The second-order valence-corrected chi connectivity index (χ2v) is 8.84. The Bertz CT molecular complexity index is 1330. The van der Waals surface area contributed by atoms with E-state index in [4.69, 9.17) is 9.47 Å². The molecule has 0 aliphatic rings. The number of nitrogens with one attached hydrogen (secondary N) is 1. The van der Waals surface area contributed by atoms with Crippen molar-refractivity contribution in [2.45, 2.75) is 26.6 Å². The number of rotatable bonds is 8. The van der Waals surface area contributed by atoms with Crippen molar-refractivity contribution in [3.05, 3.63) is 92.1 Å². The number of hydrogen-bond acceptors (Lipinski definition) is 4. The van der Waals surface area contributed by atoms with E-state index in [-0.39, 0.29) is 11.3 Å². The van der Waals surface area contributed by atoms with Gasteiger partial charge in [0, 0.05) is 5.69 Å². The first kappa shape index (κ1) is 27.1. The summed E-state index contributed by atoms with van der Waals surface area (Å²) in [6.07, 6.45) is -3.21. The number of halogens is 4. The van der Waals surface area contributed by atoms with Crippen LogP contribution in [0.4, 0.5) is 18.9 Å². The van der Waals surface area contributed by atoms with Gasteiger partial charge in [-0.2, -0.15) is 18.4 Å². The Morgan fingerprint density at radius 2 is 1.86 bits per heavy atom. The molecule has 0 aliphatic heterocycles. The summed E-state index contributed by atoms with van der Waals surface area (Å²) in [4.78, 5) is 12.6. The SMILES string of the molecule is CCOc1cc(C=C(C#N)C(=O)Nc2cccc(C(F)(F)F)c2)cc(I)c1OCc1ccccc1C. The second-order valence-electron chi connectivity index (χ2n) is 7.68. The maximum atomic E-state index is 13.0. The monoisotopic (exact) mass is 606 g/mol. The normalized spacial score (nSPS) is 11.5. The van der Waals surface area contributed by atoms with Gasteiger partial charge in [0.1, 0.15) is 18.2 Å². The summed E-state index contributed by atoms with van der Waals surface area (Å²) in [5.74, 6) is 0.147. The van der Waals surface area contributed by atoms with Gasteiger partial charge in [-0.25, -0.2) is 0 Å². The number of anilines is 1. The molecule has 3 rings (SSSR count). The van der Waals surface area contributed by atoms with E-state index in [1.165, 1.54) is 18.2 Å². The Balaban J connectivity index is 1.85. The van der Waals surface area contributed by atoms with Gasteiger partial charge in [-0.1, -0.05) is 30.3 Å². The van der Waals surface area contributed by atoms with E-state index in [0.717, 1.165) is 23.3 Å². The van der Waals surface area contributed by atoms with Gasteiger partial charge in [0.2, 0.25) is 0 Å². The molecule has 36 heavy (non-hydrogen) atoms. The molecule has 9 heteroatoms. The molecular formula is C27H22F3IN2O3. The molecule has 3 aromatic rings. The second kappa shape index (κ2) is 11.9. The topological polar surface area (TPSA) is 71.3 Å². The van der Waals surface area contributed by atoms with Gasteiger partial charge in [-0.3, -0.25) is 4.79 Å². The molecule has 0 saturated carbocycles. The molecule has 1 N–H and O–H groups in total. The first-order chi connectivity index (χ1) is 17.1. The van der Waals surface area contributed by atoms with Crippen LogP contribution in [0.2, 0.25) is 0 Å². The number of carbonyl (C=O) groups is 1. The first-order valence-electron chi connectivity index (χ1n) is 10.9. The van der Waals surface area contributed by atoms with Crippen molar-refractivity contribution < 1.29 is 27.4 Å². The molecule has 186 valence electrons. The highest BCUT2D eigenvalue weighted by molar-refractivity contribution is 14.1. The summed E-state index contributed by atoms with van der Waals surface area (Å²) in [7, 11) is 0. The zero-order valence-electron chi connectivity index (χ0n) is 19.4. The van der Waals surface area contributed by atoms with Crippen molar-refractivity contribution in [3.8, 4) is 17.6 Å². The molecule has 0 saturated heterocycles. The number of hydrogen-bond donors (Lipinski definition) is 1. The Hall–Kier alpha value is -3.52. The maximum absolute atomic E-state index is 13.0. The molecular weight excluding hydrogens is 584 g/mol. The minimum absolute atomic E-state index is 0.0690. The number of carbonyl (C=O) groups excluding carboxylic acids is 1. The van der Waals surface area contributed by atoms with E-state index >= 15 is 0 Å². The van der Waals surface area contributed by atoms with Crippen LogP contribution in [0.3, 0.4) is 0 Å². The Labute approximate surface area is 220 Å². The molecule has 5 nitrogen and oxygen atoms in total. The lowest BCUT2D eigenvalue weighted by Gasteiger charge is -2.16. The summed E-state index contributed by atoms with van der Waals surface area (Å²) < 4.78 is 51.4. The van der Waals surface area contributed by atoms with Gasteiger partial charge >= 0.3 is 6.18 Å². The first-order valence-corrected chi connectivity index (χ1v) is 11.9. The highest BCUT2D eigenvalue weighted by Crippen LogP contribution is 2.36. The van der Waals surface area contributed by atoms with Gasteiger partial charge in [-0.05, 0) is 89.5 Å². The number of nitriles is 1. The predicted molar refractivity (Wildman–Crippen MR) is 140 cm³/mol. The molecule has 0 radical (unpaired) electrons. The standard InChI is InChI=1S/C27H22F3IN2O3/c1-3-35-24-13-18(12-23(31)25(24)36-16-19-8-5-4-7-17(19)2)11-20(15-32)26(34)33-22-10-6-9-21(14-22)27(28,29)30/h4-14H,3,16H2,1-2H3,(H,33,34). The van der Waals surface area contributed by atoms with Gasteiger partial charge in [0.25, 0.3) is 5.91 Å². The number of benzene rings is 3. The quantitative estimate of drug-likeness (QED) is 0.168. The third-order valence-electron chi connectivity index (χ3n) is 5.09. The van der Waals surface area contributed by atoms with Gasteiger partial charge in [-0.15, -0.1) is 0 Å². The van der Waals surface area contributed by atoms with Gasteiger partial charge in [0.15, 0.2) is 11.5 Å². The van der Waals surface area contributed by atoms with Crippen molar-refractivity contribution in [3.63, 3.8) is 0 Å². The molecule has 0 aromatic heterocycles. The summed E-state index contributed by atoms with van der Waals surface area (Å²) in [6.45, 7) is 4.52. The number of alkyl halides is 3. The van der Waals surface area contributed by atoms with Crippen molar-refractivity contribution in [2.24, 2.45) is 0 Å². The third kappa shape index (κ3) is 7.01. The summed E-state index contributed by atoms with van der Waals surface area (Å²) in [6, 6.07) is 17.2. The van der Waals surface area contributed by atoms with Crippen LogP contribution in [-0.2, 0) is 17.6 Å². The van der Waals surface area contributed by atoms with Crippen LogP contribution in [0.15, 0.2) is 66.2 Å². The van der Waals surface area contributed by atoms with Crippen LogP contribution < -0.4 is 14.8 Å². The molecule has 0 spiro atoms. The zero-order chi connectivity index (χ0) is 26.3.